The average molecular weight is 386 g/mol. The molecule has 0 radical (unpaired) electrons. The van der Waals surface area contributed by atoms with Gasteiger partial charge in [-0.1, -0.05) is 17.3 Å². The fourth-order valence-corrected chi connectivity index (χ4v) is 3.59. The van der Waals surface area contributed by atoms with Crippen molar-refractivity contribution < 1.29 is 18.8 Å². The number of likely N-dealkylation sites (tertiary alicyclic amines) is 1. The van der Waals surface area contributed by atoms with E-state index in [1.165, 1.54) is 0 Å². The number of benzene rings is 1. The van der Waals surface area contributed by atoms with E-state index < -0.39 is 5.91 Å². The monoisotopic (exact) mass is 386 g/mol. The number of aromatic nitrogens is 1. The predicted octanol–water partition coefficient (Wildman–Crippen LogP) is 2.04. The minimum atomic E-state index is -0.455. The number of ether oxygens (including phenoxy) is 1. The maximum Gasteiger partial charge on any atom is 0.241 e. The Balaban J connectivity index is 1.79. The summed E-state index contributed by atoms with van der Waals surface area (Å²) in [5, 5.41) is 3.96. The van der Waals surface area contributed by atoms with Gasteiger partial charge in [-0.2, -0.15) is 0 Å². The Hall–Kier alpha value is -2.87. The van der Waals surface area contributed by atoms with Gasteiger partial charge in [-0.3, -0.25) is 14.5 Å². The molecule has 2 aromatic rings. The van der Waals surface area contributed by atoms with Crippen molar-refractivity contribution in [2.45, 2.75) is 32.2 Å². The highest BCUT2D eigenvalue weighted by atomic mass is 16.5. The molecule has 1 atom stereocenters. The van der Waals surface area contributed by atoms with E-state index in [2.05, 4.69) is 10.1 Å². The Morgan fingerprint density at radius 2 is 2.18 bits per heavy atom. The maximum absolute atomic E-state index is 13.2. The molecule has 1 aliphatic rings. The first-order valence-electron chi connectivity index (χ1n) is 9.38. The second-order valence-electron chi connectivity index (χ2n) is 6.93. The lowest BCUT2D eigenvalue weighted by Crippen LogP contribution is -2.41. The Morgan fingerprint density at radius 1 is 1.39 bits per heavy atom. The highest BCUT2D eigenvalue weighted by Gasteiger charge is 2.32. The van der Waals surface area contributed by atoms with Crippen LogP contribution in [0.1, 0.15) is 36.8 Å². The molecule has 0 bridgehead atoms. The first kappa shape index (κ1) is 19.9. The summed E-state index contributed by atoms with van der Waals surface area (Å²) < 4.78 is 10.8. The molecule has 0 aliphatic carbocycles. The largest absolute Gasteiger partial charge is 0.495 e. The van der Waals surface area contributed by atoms with Crippen LogP contribution in [0.4, 0.5) is 5.69 Å². The number of primary amides is 1. The number of anilines is 1. The molecule has 150 valence electrons. The normalized spacial score (nSPS) is 16.9. The summed E-state index contributed by atoms with van der Waals surface area (Å²) in [5.41, 5.74) is 6.77. The van der Waals surface area contributed by atoms with E-state index in [0.717, 1.165) is 30.8 Å². The van der Waals surface area contributed by atoms with Crippen LogP contribution in [0.5, 0.6) is 5.75 Å². The summed E-state index contributed by atoms with van der Waals surface area (Å²) in [4.78, 5) is 28.2. The van der Waals surface area contributed by atoms with E-state index >= 15 is 0 Å². The number of carbonyl (C=O) groups is 2. The van der Waals surface area contributed by atoms with Gasteiger partial charge in [0, 0.05) is 19.0 Å². The SMILES string of the molecule is COc1ccccc1N(CCC(N)=O)C(=O)CN1CCCC1c1cc(C)no1. The summed E-state index contributed by atoms with van der Waals surface area (Å²) in [6, 6.07) is 9.20. The second-order valence-corrected chi connectivity index (χ2v) is 6.93. The number of nitrogens with zero attached hydrogens (tertiary/aromatic N) is 3. The Labute approximate surface area is 164 Å². The minimum absolute atomic E-state index is 0.0285. The number of rotatable bonds is 8. The third kappa shape index (κ3) is 4.51. The maximum atomic E-state index is 13.2. The van der Waals surface area contributed by atoms with Crippen molar-refractivity contribution in [2.75, 3.05) is 31.6 Å². The lowest BCUT2D eigenvalue weighted by molar-refractivity contribution is -0.120. The van der Waals surface area contributed by atoms with Gasteiger partial charge < -0.3 is 19.9 Å². The Morgan fingerprint density at radius 3 is 2.86 bits per heavy atom. The molecule has 1 saturated heterocycles. The van der Waals surface area contributed by atoms with Crippen molar-refractivity contribution in [2.24, 2.45) is 5.73 Å². The van der Waals surface area contributed by atoms with Crippen LogP contribution in [0.25, 0.3) is 0 Å². The van der Waals surface area contributed by atoms with Gasteiger partial charge in [0.25, 0.3) is 0 Å². The molecular formula is C20H26N4O4. The van der Waals surface area contributed by atoms with Crippen LogP contribution < -0.4 is 15.4 Å². The summed E-state index contributed by atoms with van der Waals surface area (Å²) in [5.74, 6) is 0.783. The molecule has 1 fully saturated rings. The number of para-hydroxylation sites is 2. The quantitative estimate of drug-likeness (QED) is 0.745. The molecule has 2 amide bonds. The number of hydrogen-bond acceptors (Lipinski definition) is 6. The van der Waals surface area contributed by atoms with Gasteiger partial charge in [0.2, 0.25) is 11.8 Å². The highest BCUT2D eigenvalue weighted by Crippen LogP contribution is 2.33. The van der Waals surface area contributed by atoms with Gasteiger partial charge in [-0.05, 0) is 38.4 Å². The van der Waals surface area contributed by atoms with Crippen LogP contribution in [0.15, 0.2) is 34.9 Å². The predicted molar refractivity (Wildman–Crippen MR) is 104 cm³/mol. The van der Waals surface area contributed by atoms with Crippen LogP contribution in [0.2, 0.25) is 0 Å². The lowest BCUT2D eigenvalue weighted by atomic mass is 10.1. The van der Waals surface area contributed by atoms with E-state index in [1.54, 1.807) is 24.1 Å². The summed E-state index contributed by atoms with van der Waals surface area (Å²) in [6.07, 6.45) is 1.97. The molecule has 1 aromatic heterocycles. The molecule has 2 N–H and O–H groups in total. The van der Waals surface area contributed by atoms with Gasteiger partial charge in [0.15, 0.2) is 5.76 Å². The molecule has 8 nitrogen and oxygen atoms in total. The summed E-state index contributed by atoms with van der Waals surface area (Å²) in [7, 11) is 1.55. The van der Waals surface area contributed by atoms with E-state index in [4.69, 9.17) is 15.0 Å². The third-order valence-corrected chi connectivity index (χ3v) is 4.94. The molecular weight excluding hydrogens is 360 g/mol. The van der Waals surface area contributed by atoms with Gasteiger partial charge in [-0.15, -0.1) is 0 Å². The smallest absolute Gasteiger partial charge is 0.241 e. The Bertz CT molecular complexity index is 835. The van der Waals surface area contributed by atoms with Gasteiger partial charge >= 0.3 is 0 Å². The standard InChI is InChI=1S/C20H26N4O4/c1-14-12-18(28-22-14)15-7-5-10-23(15)13-20(26)24(11-9-19(21)25)16-6-3-4-8-17(16)27-2/h3-4,6,8,12,15H,5,7,9-11,13H2,1-2H3,(H2,21,25). The molecule has 3 rings (SSSR count). The van der Waals surface area contributed by atoms with E-state index in [-0.39, 0.29) is 31.5 Å². The average Bonchev–Trinajstić information content (AvgIpc) is 3.30. The number of amides is 2. The first-order chi connectivity index (χ1) is 13.5. The number of nitrogens with two attached hydrogens (primary N) is 1. The van der Waals surface area contributed by atoms with Gasteiger partial charge in [-0.25, -0.2) is 0 Å². The number of aryl methyl sites for hydroxylation is 1. The highest BCUT2D eigenvalue weighted by molar-refractivity contribution is 5.96. The first-order valence-corrected chi connectivity index (χ1v) is 9.38. The zero-order valence-corrected chi connectivity index (χ0v) is 16.3. The van der Waals surface area contributed by atoms with Crippen molar-refractivity contribution >= 4 is 17.5 Å². The summed E-state index contributed by atoms with van der Waals surface area (Å²) in [6.45, 7) is 3.09. The van der Waals surface area contributed by atoms with E-state index in [9.17, 15) is 9.59 Å². The summed E-state index contributed by atoms with van der Waals surface area (Å²) >= 11 is 0. The molecule has 0 saturated carbocycles. The molecule has 1 unspecified atom stereocenters. The molecule has 2 heterocycles. The van der Waals surface area contributed by atoms with Crippen LogP contribution in [0, 0.1) is 6.92 Å². The van der Waals surface area contributed by atoms with Crippen molar-refractivity contribution in [3.8, 4) is 5.75 Å². The zero-order valence-electron chi connectivity index (χ0n) is 16.3. The zero-order chi connectivity index (χ0) is 20.1. The molecule has 1 aromatic carbocycles. The molecule has 0 spiro atoms. The minimum Gasteiger partial charge on any atom is -0.495 e. The number of methoxy groups -OCH3 is 1. The van der Waals surface area contributed by atoms with Crippen LogP contribution in [-0.2, 0) is 9.59 Å². The fraction of sp³-hybridized carbons (Fsp3) is 0.450. The van der Waals surface area contributed by atoms with Crippen molar-refractivity contribution in [1.82, 2.24) is 10.1 Å². The van der Waals surface area contributed by atoms with Crippen molar-refractivity contribution in [3.05, 3.63) is 41.8 Å². The van der Waals surface area contributed by atoms with Crippen molar-refractivity contribution in [1.29, 1.82) is 0 Å². The van der Waals surface area contributed by atoms with Gasteiger partial charge in [0.1, 0.15) is 5.75 Å². The number of hydrogen-bond donors (Lipinski definition) is 1. The third-order valence-electron chi connectivity index (χ3n) is 4.94. The lowest BCUT2D eigenvalue weighted by Gasteiger charge is -2.28. The number of carbonyl (C=O) groups excluding carboxylic acids is 2. The topological polar surface area (TPSA) is 102 Å². The van der Waals surface area contributed by atoms with Crippen LogP contribution in [0.3, 0.4) is 0 Å². The molecule has 28 heavy (non-hydrogen) atoms. The second kappa shape index (κ2) is 8.88. The van der Waals surface area contributed by atoms with E-state index in [0.29, 0.717) is 11.4 Å². The van der Waals surface area contributed by atoms with Gasteiger partial charge in [0.05, 0.1) is 31.1 Å². The van der Waals surface area contributed by atoms with Crippen LogP contribution in [-0.4, -0.2) is 48.6 Å². The molecule has 1 aliphatic heterocycles. The molecule has 8 heteroatoms. The van der Waals surface area contributed by atoms with Crippen LogP contribution >= 0.6 is 0 Å². The van der Waals surface area contributed by atoms with Crippen molar-refractivity contribution in [3.63, 3.8) is 0 Å². The fourth-order valence-electron chi connectivity index (χ4n) is 3.59. The van der Waals surface area contributed by atoms with E-state index in [1.807, 2.05) is 25.1 Å². The Kier molecular flexibility index (Phi) is 6.30.